The molecule has 2 aromatic heterocycles. The zero-order valence-electron chi connectivity index (χ0n) is 25.2. The molecule has 0 aliphatic heterocycles. The van der Waals surface area contributed by atoms with Crippen molar-refractivity contribution in [2.75, 3.05) is 9.80 Å². The van der Waals surface area contributed by atoms with Crippen LogP contribution in [-0.2, 0) is 0 Å². The summed E-state index contributed by atoms with van der Waals surface area (Å²) in [6.07, 6.45) is 0. The van der Waals surface area contributed by atoms with Gasteiger partial charge in [-0.15, -0.1) is 11.3 Å². The zero-order valence-corrected chi connectivity index (χ0v) is 26.7. The van der Waals surface area contributed by atoms with Crippen molar-refractivity contribution in [1.82, 2.24) is 0 Å². The average Bonchev–Trinajstić information content (AvgIpc) is 3.70. The molecular formula is C42H27ClN2OS. The third kappa shape index (κ3) is 4.65. The molecule has 3 nitrogen and oxygen atoms in total. The number of hydrogen-bond donors (Lipinski definition) is 0. The lowest BCUT2D eigenvalue weighted by Gasteiger charge is -2.31. The second-order valence-electron chi connectivity index (χ2n) is 11.5. The highest BCUT2D eigenvalue weighted by Gasteiger charge is 2.24. The topological polar surface area (TPSA) is 19.6 Å². The highest BCUT2D eigenvalue weighted by Crippen LogP contribution is 2.50. The number of para-hydroxylation sites is 3. The molecule has 0 saturated carbocycles. The Kier molecular flexibility index (Phi) is 6.70. The number of fused-ring (bicyclic) bond motifs is 6. The predicted molar refractivity (Wildman–Crippen MR) is 201 cm³/mol. The van der Waals surface area contributed by atoms with Crippen molar-refractivity contribution in [3.8, 4) is 0 Å². The first-order valence-electron chi connectivity index (χ1n) is 15.5. The number of hydrogen-bond acceptors (Lipinski definition) is 4. The predicted octanol–water partition coefficient (Wildman–Crippen LogP) is 13.5. The lowest BCUT2D eigenvalue weighted by molar-refractivity contribution is 0.669. The second kappa shape index (κ2) is 11.4. The minimum absolute atomic E-state index is 0.649. The summed E-state index contributed by atoms with van der Waals surface area (Å²) in [7, 11) is 0. The van der Waals surface area contributed by atoms with Crippen LogP contribution in [0, 0.1) is 0 Å². The largest absolute Gasteiger partial charge is 0.456 e. The molecule has 7 aromatic carbocycles. The fourth-order valence-corrected chi connectivity index (χ4v) is 8.11. The van der Waals surface area contributed by atoms with Crippen LogP contribution in [0.25, 0.3) is 42.1 Å². The van der Waals surface area contributed by atoms with Crippen LogP contribution in [0.1, 0.15) is 0 Å². The molecule has 224 valence electrons. The summed E-state index contributed by atoms with van der Waals surface area (Å²) in [6, 6.07) is 56.9. The Morgan fingerprint density at radius 1 is 0.426 bits per heavy atom. The molecule has 0 aliphatic rings. The van der Waals surface area contributed by atoms with Gasteiger partial charge in [0.05, 0.1) is 26.8 Å². The fraction of sp³-hybridized carbons (Fsp3) is 0. The summed E-state index contributed by atoms with van der Waals surface area (Å²) in [5, 5.41) is 5.30. The number of benzene rings is 7. The normalized spacial score (nSPS) is 11.5. The molecule has 0 aliphatic carbocycles. The van der Waals surface area contributed by atoms with E-state index < -0.39 is 0 Å². The van der Waals surface area contributed by atoms with Crippen LogP contribution < -0.4 is 9.80 Å². The number of rotatable bonds is 6. The lowest BCUT2D eigenvalue weighted by atomic mass is 10.1. The second-order valence-corrected chi connectivity index (χ2v) is 12.9. The summed E-state index contributed by atoms with van der Waals surface area (Å²) < 4.78 is 8.66. The van der Waals surface area contributed by atoms with E-state index in [1.165, 1.54) is 20.2 Å². The quantitative estimate of drug-likeness (QED) is 0.180. The summed E-state index contributed by atoms with van der Waals surface area (Å²) in [6.45, 7) is 0. The Morgan fingerprint density at radius 2 is 1.00 bits per heavy atom. The van der Waals surface area contributed by atoms with Crippen molar-refractivity contribution >= 4 is 99.2 Å². The van der Waals surface area contributed by atoms with E-state index in [4.69, 9.17) is 16.0 Å². The van der Waals surface area contributed by atoms with E-state index in [1.807, 2.05) is 35.6 Å². The molecule has 0 radical (unpaired) electrons. The zero-order chi connectivity index (χ0) is 31.3. The Bertz CT molecular complexity index is 2560. The Balaban J connectivity index is 1.27. The van der Waals surface area contributed by atoms with E-state index in [9.17, 15) is 0 Å². The maximum atomic E-state index is 7.62. The van der Waals surface area contributed by atoms with Crippen LogP contribution >= 0.6 is 22.9 Å². The van der Waals surface area contributed by atoms with E-state index in [0.29, 0.717) is 5.02 Å². The molecule has 47 heavy (non-hydrogen) atoms. The number of furan rings is 1. The van der Waals surface area contributed by atoms with Crippen LogP contribution in [0.5, 0.6) is 0 Å². The highest BCUT2D eigenvalue weighted by molar-refractivity contribution is 7.26. The molecule has 0 bridgehead atoms. The molecule has 2 heterocycles. The summed E-state index contributed by atoms with van der Waals surface area (Å²) in [4.78, 5) is 4.52. The van der Waals surface area contributed by atoms with Crippen molar-refractivity contribution in [3.63, 3.8) is 0 Å². The average molecular weight is 643 g/mol. The molecule has 0 N–H and O–H groups in total. The van der Waals surface area contributed by atoms with Crippen LogP contribution in [0.2, 0.25) is 5.02 Å². The molecule has 0 unspecified atom stereocenters. The standard InChI is InChI=1S/C42H27ClN2OS/c43-41-35(44(28-13-3-1-4-14-28)30-25-26-39-34(27-30)31-17-7-9-23-38(31)46-39)20-12-21-36(41)45(29-15-5-2-6-16-29)37-22-11-19-33-32-18-8-10-24-40(32)47-42(33)37/h1-27H. The van der Waals surface area contributed by atoms with Crippen molar-refractivity contribution in [1.29, 1.82) is 0 Å². The van der Waals surface area contributed by atoms with Crippen LogP contribution in [-0.4, -0.2) is 0 Å². The van der Waals surface area contributed by atoms with Crippen molar-refractivity contribution in [3.05, 3.63) is 169 Å². The molecule has 0 spiro atoms. The Labute approximate surface area is 281 Å². The molecular weight excluding hydrogens is 616 g/mol. The molecule has 9 aromatic rings. The molecule has 0 fully saturated rings. The molecule has 0 saturated heterocycles. The van der Waals surface area contributed by atoms with E-state index in [0.717, 1.165) is 56.1 Å². The number of halogens is 1. The Morgan fingerprint density at radius 3 is 1.79 bits per heavy atom. The molecule has 0 atom stereocenters. The van der Waals surface area contributed by atoms with Crippen LogP contribution in [0.4, 0.5) is 34.1 Å². The summed E-state index contributed by atoms with van der Waals surface area (Å²) in [5.41, 5.74) is 7.64. The third-order valence-corrected chi connectivity index (χ3v) is 10.3. The number of nitrogens with zero attached hydrogens (tertiary/aromatic N) is 2. The van der Waals surface area contributed by atoms with E-state index in [2.05, 4.69) is 149 Å². The first kappa shape index (κ1) is 27.7. The lowest BCUT2D eigenvalue weighted by Crippen LogP contribution is -2.14. The van der Waals surface area contributed by atoms with Gasteiger partial charge in [-0.05, 0) is 72.8 Å². The van der Waals surface area contributed by atoms with E-state index in [-0.39, 0.29) is 0 Å². The minimum Gasteiger partial charge on any atom is -0.456 e. The van der Waals surface area contributed by atoms with Gasteiger partial charge in [0.2, 0.25) is 0 Å². The summed E-state index contributed by atoms with van der Waals surface area (Å²) in [5.74, 6) is 0. The maximum absolute atomic E-state index is 7.62. The van der Waals surface area contributed by atoms with Gasteiger partial charge < -0.3 is 14.2 Å². The van der Waals surface area contributed by atoms with E-state index in [1.54, 1.807) is 0 Å². The van der Waals surface area contributed by atoms with Gasteiger partial charge in [0, 0.05) is 43.3 Å². The molecule has 9 rings (SSSR count). The fourth-order valence-electron chi connectivity index (χ4n) is 6.60. The van der Waals surface area contributed by atoms with Gasteiger partial charge in [0.15, 0.2) is 0 Å². The van der Waals surface area contributed by atoms with E-state index >= 15 is 0 Å². The third-order valence-electron chi connectivity index (χ3n) is 8.71. The van der Waals surface area contributed by atoms with Crippen molar-refractivity contribution < 1.29 is 4.42 Å². The van der Waals surface area contributed by atoms with Gasteiger partial charge >= 0.3 is 0 Å². The molecule has 5 heteroatoms. The maximum Gasteiger partial charge on any atom is 0.135 e. The first-order chi connectivity index (χ1) is 23.2. The smallest absolute Gasteiger partial charge is 0.135 e. The van der Waals surface area contributed by atoms with Gasteiger partial charge in [-0.2, -0.15) is 0 Å². The highest BCUT2D eigenvalue weighted by atomic mass is 35.5. The first-order valence-corrected chi connectivity index (χ1v) is 16.7. The molecule has 0 amide bonds. The monoisotopic (exact) mass is 642 g/mol. The van der Waals surface area contributed by atoms with Gasteiger partial charge in [-0.25, -0.2) is 0 Å². The van der Waals surface area contributed by atoms with Crippen LogP contribution in [0.3, 0.4) is 0 Å². The van der Waals surface area contributed by atoms with Crippen molar-refractivity contribution in [2.45, 2.75) is 0 Å². The number of anilines is 6. The van der Waals surface area contributed by atoms with Crippen LogP contribution in [0.15, 0.2) is 168 Å². The number of thiophene rings is 1. The summed E-state index contributed by atoms with van der Waals surface area (Å²) >= 11 is 9.44. The SMILES string of the molecule is Clc1c(N(c2ccccc2)c2ccc3oc4ccccc4c3c2)cccc1N(c1ccccc1)c1cccc2c1sc1ccccc12. The Hall–Kier alpha value is -5.55. The van der Waals surface area contributed by atoms with Gasteiger partial charge in [0.25, 0.3) is 0 Å². The van der Waals surface area contributed by atoms with Gasteiger partial charge in [0.1, 0.15) is 11.2 Å². The van der Waals surface area contributed by atoms with Crippen molar-refractivity contribution in [2.24, 2.45) is 0 Å². The van der Waals surface area contributed by atoms with Gasteiger partial charge in [-0.1, -0.05) is 103 Å². The van der Waals surface area contributed by atoms with Gasteiger partial charge in [-0.3, -0.25) is 0 Å². The minimum atomic E-state index is 0.649.